The van der Waals surface area contributed by atoms with Gasteiger partial charge in [-0.15, -0.1) is 0 Å². The smallest absolute Gasteiger partial charge is 0.256 e. The Hall–Kier alpha value is -2.67. The summed E-state index contributed by atoms with van der Waals surface area (Å²) >= 11 is 0. The van der Waals surface area contributed by atoms with E-state index in [0.717, 1.165) is 69.5 Å². The maximum absolute atomic E-state index is 12.8. The molecule has 7 nitrogen and oxygen atoms in total. The van der Waals surface area contributed by atoms with Crippen molar-refractivity contribution in [2.45, 2.75) is 58.0 Å². The molecule has 7 heteroatoms. The number of likely N-dealkylation sites (tertiary alicyclic amines) is 1. The average Bonchev–Trinajstić information content (AvgIpc) is 3.50. The van der Waals surface area contributed by atoms with Gasteiger partial charge in [-0.2, -0.15) is 5.10 Å². The van der Waals surface area contributed by atoms with Crippen molar-refractivity contribution in [2.24, 2.45) is 5.92 Å². The number of hydrogen-bond donors (Lipinski definition) is 2. The molecule has 0 unspecified atom stereocenters. The highest BCUT2D eigenvalue weighted by molar-refractivity contribution is 6.03. The van der Waals surface area contributed by atoms with Crippen molar-refractivity contribution < 1.29 is 9.59 Å². The zero-order valence-electron chi connectivity index (χ0n) is 18.3. The standard InChI is InChI=1S/C24H33N5O2/c1-2-28-15-12-21(13-16-28)29-22(11-14-26-29)27-24(31)20-9-7-18(8-10-20)17-25-23(30)19-5-3-4-6-19/h7-11,14,19,21H,2-6,12-13,15-17H2,1H3,(H,25,30)(H,27,31). The number of hydrogen-bond acceptors (Lipinski definition) is 4. The van der Waals surface area contributed by atoms with Crippen molar-refractivity contribution in [3.63, 3.8) is 0 Å². The van der Waals surface area contributed by atoms with Crippen LogP contribution in [0.5, 0.6) is 0 Å². The number of anilines is 1. The lowest BCUT2D eigenvalue weighted by Gasteiger charge is -2.31. The first-order valence-corrected chi connectivity index (χ1v) is 11.6. The lowest BCUT2D eigenvalue weighted by Crippen LogP contribution is -2.35. The Balaban J connectivity index is 1.31. The van der Waals surface area contributed by atoms with Gasteiger partial charge >= 0.3 is 0 Å². The Kier molecular flexibility index (Phi) is 7.02. The van der Waals surface area contributed by atoms with Gasteiger partial charge in [0.1, 0.15) is 5.82 Å². The maximum atomic E-state index is 12.8. The Morgan fingerprint density at radius 3 is 2.42 bits per heavy atom. The number of amides is 2. The first kappa shape index (κ1) is 21.6. The lowest BCUT2D eigenvalue weighted by atomic mass is 10.1. The molecule has 2 amide bonds. The lowest BCUT2D eigenvalue weighted by molar-refractivity contribution is -0.124. The van der Waals surface area contributed by atoms with Gasteiger partial charge in [-0.05, 0) is 49.9 Å². The van der Waals surface area contributed by atoms with Gasteiger partial charge in [0.25, 0.3) is 5.91 Å². The van der Waals surface area contributed by atoms with Gasteiger partial charge < -0.3 is 15.5 Å². The molecule has 2 N–H and O–H groups in total. The van der Waals surface area contributed by atoms with E-state index in [-0.39, 0.29) is 17.7 Å². The van der Waals surface area contributed by atoms with Gasteiger partial charge in [0.05, 0.1) is 12.2 Å². The van der Waals surface area contributed by atoms with E-state index in [2.05, 4.69) is 27.6 Å². The molecule has 0 radical (unpaired) electrons. The third kappa shape index (κ3) is 5.34. The molecule has 1 saturated carbocycles. The van der Waals surface area contributed by atoms with Crippen LogP contribution in [0, 0.1) is 5.92 Å². The van der Waals surface area contributed by atoms with Crippen molar-refractivity contribution >= 4 is 17.6 Å². The molecule has 166 valence electrons. The minimum atomic E-state index is -0.144. The normalized spacial score (nSPS) is 18.2. The Morgan fingerprint density at radius 1 is 1.03 bits per heavy atom. The Labute approximate surface area is 184 Å². The van der Waals surface area contributed by atoms with E-state index in [4.69, 9.17) is 0 Å². The molecule has 1 saturated heterocycles. The van der Waals surface area contributed by atoms with Crippen molar-refractivity contribution in [1.29, 1.82) is 0 Å². The van der Waals surface area contributed by atoms with E-state index in [1.165, 1.54) is 0 Å². The fourth-order valence-electron chi connectivity index (χ4n) is 4.67. The third-order valence-electron chi connectivity index (χ3n) is 6.67. The number of carbonyl (C=O) groups is 2. The van der Waals surface area contributed by atoms with E-state index in [0.29, 0.717) is 18.2 Å². The summed E-state index contributed by atoms with van der Waals surface area (Å²) in [4.78, 5) is 27.4. The quantitative estimate of drug-likeness (QED) is 0.713. The van der Waals surface area contributed by atoms with Crippen molar-refractivity contribution in [1.82, 2.24) is 20.0 Å². The predicted octanol–water partition coefficient (Wildman–Crippen LogP) is 3.60. The molecule has 2 heterocycles. The molecular formula is C24H33N5O2. The zero-order valence-corrected chi connectivity index (χ0v) is 18.3. The van der Waals surface area contributed by atoms with Crippen LogP contribution in [0.1, 0.15) is 67.4 Å². The molecule has 0 atom stereocenters. The van der Waals surface area contributed by atoms with E-state index in [1.807, 2.05) is 35.0 Å². The predicted molar refractivity (Wildman–Crippen MR) is 121 cm³/mol. The van der Waals surface area contributed by atoms with Crippen LogP contribution < -0.4 is 10.6 Å². The Morgan fingerprint density at radius 2 is 1.74 bits per heavy atom. The van der Waals surface area contributed by atoms with Crippen LogP contribution in [0.3, 0.4) is 0 Å². The van der Waals surface area contributed by atoms with E-state index in [9.17, 15) is 9.59 Å². The third-order valence-corrected chi connectivity index (χ3v) is 6.67. The molecule has 4 rings (SSSR count). The Bertz CT molecular complexity index is 878. The first-order valence-electron chi connectivity index (χ1n) is 11.6. The fraction of sp³-hybridized carbons (Fsp3) is 0.542. The molecule has 2 fully saturated rings. The summed E-state index contributed by atoms with van der Waals surface area (Å²) in [5, 5.41) is 10.5. The highest BCUT2D eigenvalue weighted by Gasteiger charge is 2.23. The monoisotopic (exact) mass is 423 g/mol. The van der Waals surface area contributed by atoms with Crippen molar-refractivity contribution in [2.75, 3.05) is 25.0 Å². The summed E-state index contributed by atoms with van der Waals surface area (Å²) < 4.78 is 1.96. The SMILES string of the molecule is CCN1CCC(n2nccc2NC(=O)c2ccc(CNC(=O)C3CCCC3)cc2)CC1. The zero-order chi connectivity index (χ0) is 21.6. The van der Waals surface area contributed by atoms with Gasteiger partial charge in [0.15, 0.2) is 0 Å². The summed E-state index contributed by atoms with van der Waals surface area (Å²) in [6.45, 7) is 5.89. The van der Waals surface area contributed by atoms with E-state index in [1.54, 1.807) is 6.20 Å². The summed E-state index contributed by atoms with van der Waals surface area (Å²) in [6, 6.07) is 9.61. The summed E-state index contributed by atoms with van der Waals surface area (Å²) in [5.41, 5.74) is 1.59. The molecule has 0 spiro atoms. The van der Waals surface area contributed by atoms with Gasteiger partial charge in [-0.25, -0.2) is 4.68 Å². The van der Waals surface area contributed by atoms with Crippen LogP contribution >= 0.6 is 0 Å². The molecule has 1 aromatic carbocycles. The number of carbonyl (C=O) groups excluding carboxylic acids is 2. The highest BCUT2D eigenvalue weighted by atomic mass is 16.2. The second-order valence-electron chi connectivity index (χ2n) is 8.68. The van der Waals surface area contributed by atoms with Gasteiger partial charge in [-0.1, -0.05) is 31.9 Å². The van der Waals surface area contributed by atoms with Gasteiger partial charge in [-0.3, -0.25) is 9.59 Å². The van der Waals surface area contributed by atoms with Crippen LogP contribution in [-0.4, -0.2) is 46.1 Å². The summed E-state index contributed by atoms with van der Waals surface area (Å²) in [5.74, 6) is 0.920. The fourth-order valence-corrected chi connectivity index (χ4v) is 4.67. The van der Waals surface area contributed by atoms with Crippen LogP contribution in [0.15, 0.2) is 36.5 Å². The van der Waals surface area contributed by atoms with Crippen LogP contribution in [0.25, 0.3) is 0 Å². The van der Waals surface area contributed by atoms with Crippen molar-refractivity contribution in [3.05, 3.63) is 47.7 Å². The molecular weight excluding hydrogens is 390 g/mol. The largest absolute Gasteiger partial charge is 0.352 e. The first-order chi connectivity index (χ1) is 15.1. The molecule has 1 aliphatic carbocycles. The maximum Gasteiger partial charge on any atom is 0.256 e. The number of nitrogens with one attached hydrogen (secondary N) is 2. The minimum Gasteiger partial charge on any atom is -0.352 e. The number of aromatic nitrogens is 2. The molecule has 2 aliphatic rings. The molecule has 31 heavy (non-hydrogen) atoms. The number of rotatable bonds is 7. The summed E-state index contributed by atoms with van der Waals surface area (Å²) in [6.07, 6.45) is 8.13. The van der Waals surface area contributed by atoms with E-state index >= 15 is 0 Å². The van der Waals surface area contributed by atoms with Gasteiger partial charge in [0, 0.05) is 37.2 Å². The van der Waals surface area contributed by atoms with Crippen LogP contribution in [0.4, 0.5) is 5.82 Å². The minimum absolute atomic E-state index is 0.144. The molecule has 2 aromatic rings. The topological polar surface area (TPSA) is 79.3 Å². The number of nitrogens with zero attached hydrogens (tertiary/aromatic N) is 3. The molecule has 0 bridgehead atoms. The molecule has 1 aromatic heterocycles. The van der Waals surface area contributed by atoms with Crippen LogP contribution in [0.2, 0.25) is 0 Å². The van der Waals surface area contributed by atoms with Crippen LogP contribution in [-0.2, 0) is 11.3 Å². The average molecular weight is 424 g/mol. The second kappa shape index (κ2) is 10.1. The highest BCUT2D eigenvalue weighted by Crippen LogP contribution is 2.26. The van der Waals surface area contributed by atoms with Crippen molar-refractivity contribution in [3.8, 4) is 0 Å². The molecule has 1 aliphatic heterocycles. The number of piperidine rings is 1. The number of benzene rings is 1. The second-order valence-corrected chi connectivity index (χ2v) is 8.68. The van der Waals surface area contributed by atoms with Gasteiger partial charge in [0.2, 0.25) is 5.91 Å². The van der Waals surface area contributed by atoms with E-state index < -0.39 is 0 Å². The summed E-state index contributed by atoms with van der Waals surface area (Å²) in [7, 11) is 0.